The van der Waals surface area contributed by atoms with Gasteiger partial charge < -0.3 is 4.74 Å². The molecule has 0 fully saturated rings. The van der Waals surface area contributed by atoms with Gasteiger partial charge >= 0.3 is 0 Å². The smallest absolute Gasteiger partial charge is 0.143 e. The molecular weight excluding hydrogens is 556 g/mol. The van der Waals surface area contributed by atoms with Crippen molar-refractivity contribution in [1.82, 2.24) is 4.90 Å². The Morgan fingerprint density at radius 3 is 1.74 bits per heavy atom. The first-order chi connectivity index (χ1) is 18.6. The number of alkyl halides is 1. The minimum Gasteiger partial charge on any atom is -0.359 e. The van der Waals surface area contributed by atoms with Crippen LogP contribution in [0.15, 0.2) is 132 Å². The fourth-order valence-corrected chi connectivity index (χ4v) is 5.44. The Balaban J connectivity index is 1.83. The minimum absolute atomic E-state index is 0.203. The number of hydrogen-bond acceptors (Lipinski definition) is 3. The van der Waals surface area contributed by atoms with Gasteiger partial charge in [0.05, 0.1) is 30.6 Å². The maximum Gasteiger partial charge on any atom is 0.143 e. The van der Waals surface area contributed by atoms with E-state index in [-0.39, 0.29) is 19.2 Å². The lowest BCUT2D eigenvalue weighted by molar-refractivity contribution is -0.0206. The Kier molecular flexibility index (Phi) is 9.92. The zero-order valence-corrected chi connectivity index (χ0v) is 23.4. The summed E-state index contributed by atoms with van der Waals surface area (Å²) in [4.78, 5) is 2.03. The van der Waals surface area contributed by atoms with Crippen LogP contribution in [0.4, 0.5) is 0 Å². The first-order valence-electron chi connectivity index (χ1n) is 12.5. The Hall–Kier alpha value is -3.20. The summed E-state index contributed by atoms with van der Waals surface area (Å²) in [6, 6.07) is 40.7. The Bertz CT molecular complexity index is 1230. The number of rotatable bonds is 12. The van der Waals surface area contributed by atoms with Gasteiger partial charge in [-0.25, -0.2) is 0 Å². The minimum atomic E-state index is -0.884. The van der Waals surface area contributed by atoms with E-state index in [1.807, 2.05) is 83.8 Å². The first-order valence-corrected chi connectivity index (χ1v) is 13.7. The molecule has 0 heterocycles. The van der Waals surface area contributed by atoms with Crippen LogP contribution in [0.1, 0.15) is 27.6 Å². The van der Waals surface area contributed by atoms with E-state index in [1.54, 1.807) is 6.08 Å². The van der Waals surface area contributed by atoms with Crippen molar-refractivity contribution in [2.24, 2.45) is 0 Å². The number of halogens is 2. The lowest BCUT2D eigenvalue weighted by Crippen LogP contribution is -2.45. The molecule has 192 valence electrons. The second kappa shape index (κ2) is 13.6. The normalized spacial score (nSPS) is 13.0. The van der Waals surface area contributed by atoms with Gasteiger partial charge in [-0.05, 0) is 34.4 Å². The van der Waals surface area contributed by atoms with Gasteiger partial charge in [0.1, 0.15) is 5.60 Å². The molecule has 0 bridgehead atoms. The highest BCUT2D eigenvalue weighted by Gasteiger charge is 2.39. The molecule has 0 saturated heterocycles. The third kappa shape index (κ3) is 6.26. The van der Waals surface area contributed by atoms with Crippen LogP contribution in [0.2, 0.25) is 0 Å². The predicted molar refractivity (Wildman–Crippen MR) is 159 cm³/mol. The van der Waals surface area contributed by atoms with E-state index in [1.165, 1.54) is 0 Å². The molecule has 0 spiro atoms. The second-order valence-electron chi connectivity index (χ2n) is 8.99. The van der Waals surface area contributed by atoms with E-state index in [9.17, 15) is 5.26 Å². The Labute approximate surface area is 239 Å². The fourth-order valence-electron chi connectivity index (χ4n) is 4.80. The lowest BCUT2D eigenvalue weighted by atomic mass is 9.80. The van der Waals surface area contributed by atoms with Crippen molar-refractivity contribution in [3.05, 3.63) is 155 Å². The van der Waals surface area contributed by atoms with Crippen molar-refractivity contribution >= 4 is 27.5 Å². The topological polar surface area (TPSA) is 36.3 Å². The van der Waals surface area contributed by atoms with Gasteiger partial charge in [0.15, 0.2) is 0 Å². The lowest BCUT2D eigenvalue weighted by Gasteiger charge is -2.40. The molecule has 0 aliphatic rings. The molecule has 0 aliphatic carbocycles. The first kappa shape index (κ1) is 27.8. The Morgan fingerprint density at radius 2 is 1.32 bits per heavy atom. The van der Waals surface area contributed by atoms with Crippen molar-refractivity contribution in [2.45, 2.75) is 17.0 Å². The summed E-state index contributed by atoms with van der Waals surface area (Å²) in [5.41, 5.74) is 3.12. The molecule has 3 nitrogen and oxygen atoms in total. The van der Waals surface area contributed by atoms with E-state index in [0.717, 1.165) is 26.7 Å². The summed E-state index contributed by atoms with van der Waals surface area (Å²) in [6.45, 7) is 4.91. The standard InChI is InChI=1S/C33H30BrClN2O/c1-2-23-37(24-22-36)31(32(35)26-18-20-30(34)21-19-26)25-38-33(27-12-6-3-7-13-27,28-14-8-4-9-15-28)29-16-10-5-11-17-29/h2-21,31-32H,1,23-25H2/t31-,32+/m0/s1. The van der Waals surface area contributed by atoms with Crippen LogP contribution < -0.4 is 0 Å². The van der Waals surface area contributed by atoms with E-state index in [2.05, 4.69) is 65.0 Å². The summed E-state index contributed by atoms with van der Waals surface area (Å²) < 4.78 is 8.09. The largest absolute Gasteiger partial charge is 0.359 e. The fraction of sp³-hybridized carbons (Fsp3) is 0.182. The number of nitriles is 1. The predicted octanol–water partition coefficient (Wildman–Crippen LogP) is 8.12. The molecule has 4 rings (SSSR count). The summed E-state index contributed by atoms with van der Waals surface area (Å²) in [6.07, 6.45) is 1.80. The third-order valence-electron chi connectivity index (χ3n) is 6.64. The molecule has 38 heavy (non-hydrogen) atoms. The zero-order valence-electron chi connectivity index (χ0n) is 21.1. The monoisotopic (exact) mass is 584 g/mol. The number of nitrogens with zero attached hydrogens (tertiary/aromatic N) is 2. The van der Waals surface area contributed by atoms with Gasteiger partial charge in [0.2, 0.25) is 0 Å². The third-order valence-corrected chi connectivity index (χ3v) is 7.72. The van der Waals surface area contributed by atoms with Gasteiger partial charge in [0.25, 0.3) is 0 Å². The van der Waals surface area contributed by atoms with Crippen molar-refractivity contribution in [1.29, 1.82) is 5.26 Å². The molecule has 0 radical (unpaired) electrons. The highest BCUT2D eigenvalue weighted by atomic mass is 79.9. The molecule has 0 amide bonds. The van der Waals surface area contributed by atoms with Gasteiger partial charge in [-0.3, -0.25) is 4.90 Å². The number of benzene rings is 4. The van der Waals surface area contributed by atoms with Crippen molar-refractivity contribution in [3.63, 3.8) is 0 Å². The van der Waals surface area contributed by atoms with E-state index in [4.69, 9.17) is 16.3 Å². The number of hydrogen-bond donors (Lipinski definition) is 0. The summed E-state index contributed by atoms with van der Waals surface area (Å²) in [7, 11) is 0. The zero-order chi connectivity index (χ0) is 26.8. The molecular formula is C33H30BrClN2O. The maximum atomic E-state index is 9.65. The SMILES string of the molecule is C=CCN(CC#N)[C@@H](COC(c1ccccc1)(c1ccccc1)c1ccccc1)[C@H](Cl)c1ccc(Br)cc1. The molecule has 0 aliphatic heterocycles. The molecule has 0 N–H and O–H groups in total. The number of ether oxygens (including phenoxy) is 1. The average molecular weight is 586 g/mol. The van der Waals surface area contributed by atoms with Crippen LogP contribution in [0.25, 0.3) is 0 Å². The van der Waals surface area contributed by atoms with Gasteiger partial charge in [0, 0.05) is 11.0 Å². The Morgan fingerprint density at radius 1 is 0.842 bits per heavy atom. The van der Waals surface area contributed by atoms with Crippen molar-refractivity contribution in [3.8, 4) is 6.07 Å². The molecule has 5 heteroatoms. The average Bonchev–Trinajstić information content (AvgIpc) is 2.97. The van der Waals surface area contributed by atoms with Crippen LogP contribution in [-0.4, -0.2) is 30.6 Å². The molecule has 4 aromatic carbocycles. The molecule has 0 unspecified atom stereocenters. The van der Waals surface area contributed by atoms with Crippen LogP contribution in [0, 0.1) is 11.3 Å². The van der Waals surface area contributed by atoms with Gasteiger partial charge in [-0.2, -0.15) is 5.26 Å². The van der Waals surface area contributed by atoms with Crippen LogP contribution in [0.3, 0.4) is 0 Å². The summed E-state index contributed by atoms with van der Waals surface area (Å²) in [5, 5.41) is 9.23. The maximum absolute atomic E-state index is 9.65. The van der Waals surface area contributed by atoms with Crippen LogP contribution in [-0.2, 0) is 10.3 Å². The van der Waals surface area contributed by atoms with Gasteiger partial charge in [-0.15, -0.1) is 18.2 Å². The highest BCUT2D eigenvalue weighted by Crippen LogP contribution is 2.41. The highest BCUT2D eigenvalue weighted by molar-refractivity contribution is 9.10. The van der Waals surface area contributed by atoms with Crippen molar-refractivity contribution in [2.75, 3.05) is 19.7 Å². The second-order valence-corrected chi connectivity index (χ2v) is 10.4. The molecule has 0 saturated carbocycles. The molecule has 0 aromatic heterocycles. The van der Waals surface area contributed by atoms with Crippen LogP contribution in [0.5, 0.6) is 0 Å². The van der Waals surface area contributed by atoms with Crippen LogP contribution >= 0.6 is 27.5 Å². The summed E-state index contributed by atoms with van der Waals surface area (Å²) in [5.74, 6) is 0. The van der Waals surface area contributed by atoms with Crippen molar-refractivity contribution < 1.29 is 4.74 Å². The summed E-state index contributed by atoms with van der Waals surface area (Å²) >= 11 is 10.7. The quantitative estimate of drug-likeness (QED) is 0.0729. The molecule has 2 atom stereocenters. The van der Waals surface area contributed by atoms with E-state index in [0.29, 0.717) is 6.54 Å². The van der Waals surface area contributed by atoms with E-state index < -0.39 is 11.0 Å². The van der Waals surface area contributed by atoms with E-state index >= 15 is 0 Å². The van der Waals surface area contributed by atoms with Gasteiger partial charge in [-0.1, -0.05) is 125 Å². The molecule has 4 aromatic rings.